The molecule has 0 bridgehead atoms. The van der Waals surface area contributed by atoms with Crippen LogP contribution < -0.4 is 15.4 Å². The average Bonchev–Trinajstić information content (AvgIpc) is 3.16. The van der Waals surface area contributed by atoms with Crippen LogP contribution in [0.3, 0.4) is 0 Å². The van der Waals surface area contributed by atoms with Crippen LogP contribution in [0.25, 0.3) is 21.9 Å². The normalized spacial score (nSPS) is 14.8. The lowest BCUT2D eigenvalue weighted by Gasteiger charge is -2.36. The molecule has 0 amide bonds. The number of anilines is 2. The van der Waals surface area contributed by atoms with E-state index in [4.69, 9.17) is 0 Å². The van der Waals surface area contributed by atoms with Gasteiger partial charge in [-0.05, 0) is 18.2 Å². The van der Waals surface area contributed by atoms with Crippen LogP contribution in [0, 0.1) is 0 Å². The van der Waals surface area contributed by atoms with Gasteiger partial charge in [-0.3, -0.25) is 14.0 Å². The fourth-order valence-electron chi connectivity index (χ4n) is 4.00. The zero-order valence-corrected chi connectivity index (χ0v) is 16.8. The lowest BCUT2D eigenvalue weighted by atomic mass is 10.2. The molecule has 0 radical (unpaired) electrons. The third kappa shape index (κ3) is 3.45. The summed E-state index contributed by atoms with van der Waals surface area (Å²) in [6, 6.07) is 5.35. The smallest absolute Gasteiger partial charge is 0.261 e. The van der Waals surface area contributed by atoms with Crippen LogP contribution in [0.15, 0.2) is 41.8 Å². The van der Waals surface area contributed by atoms with Crippen LogP contribution >= 0.6 is 0 Å². The van der Waals surface area contributed by atoms with Crippen LogP contribution in [0.1, 0.15) is 0 Å². The second-order valence-electron chi connectivity index (χ2n) is 7.47. The monoisotopic (exact) mass is 426 g/mol. The summed E-state index contributed by atoms with van der Waals surface area (Å²) in [5.41, 5.74) is 1.79. The second kappa shape index (κ2) is 7.56. The molecule has 1 aliphatic heterocycles. The first-order chi connectivity index (χ1) is 15.0. The molecule has 0 unspecified atom stereocenters. The van der Waals surface area contributed by atoms with Gasteiger partial charge in [-0.15, -0.1) is 0 Å². The van der Waals surface area contributed by atoms with Crippen molar-refractivity contribution < 1.29 is 8.78 Å². The van der Waals surface area contributed by atoms with Gasteiger partial charge in [0, 0.05) is 38.9 Å². The van der Waals surface area contributed by atoms with Crippen LogP contribution in [-0.2, 0) is 13.6 Å². The van der Waals surface area contributed by atoms with Gasteiger partial charge in [-0.1, -0.05) is 0 Å². The third-order valence-electron chi connectivity index (χ3n) is 5.60. The van der Waals surface area contributed by atoms with Gasteiger partial charge in [0.15, 0.2) is 5.65 Å². The van der Waals surface area contributed by atoms with Crippen molar-refractivity contribution >= 4 is 33.4 Å². The first kappa shape index (κ1) is 19.3. The number of fused-ring (bicyclic) bond motifs is 2. The maximum Gasteiger partial charge on any atom is 0.261 e. The minimum absolute atomic E-state index is 0.338. The molecule has 11 heteroatoms. The number of piperazine rings is 1. The Bertz CT molecular complexity index is 1310. The zero-order chi connectivity index (χ0) is 21.5. The molecule has 0 N–H and O–H groups in total. The highest BCUT2D eigenvalue weighted by molar-refractivity contribution is 5.87. The SMILES string of the molecule is Cn1ncc2c(N3CCN(c4ccc5c(=O)n(CC(F)F)cnc5c4)CC3)ncnc21. The summed E-state index contributed by atoms with van der Waals surface area (Å²) in [5, 5.41) is 5.54. The van der Waals surface area contributed by atoms with Crippen LogP contribution in [0.4, 0.5) is 20.3 Å². The highest BCUT2D eigenvalue weighted by Gasteiger charge is 2.22. The molecule has 1 fully saturated rings. The zero-order valence-electron chi connectivity index (χ0n) is 16.8. The van der Waals surface area contributed by atoms with Crippen molar-refractivity contribution in [3.8, 4) is 0 Å². The Kier molecular flexibility index (Phi) is 4.72. The van der Waals surface area contributed by atoms with Crippen molar-refractivity contribution in [2.75, 3.05) is 36.0 Å². The van der Waals surface area contributed by atoms with Gasteiger partial charge in [0.1, 0.15) is 12.1 Å². The maximum atomic E-state index is 12.6. The molecule has 31 heavy (non-hydrogen) atoms. The van der Waals surface area contributed by atoms with Crippen LogP contribution in [0.5, 0.6) is 0 Å². The van der Waals surface area contributed by atoms with E-state index in [0.29, 0.717) is 10.9 Å². The molecule has 3 aromatic heterocycles. The number of nitrogens with zero attached hydrogens (tertiary/aromatic N) is 8. The van der Waals surface area contributed by atoms with Crippen LogP contribution in [0.2, 0.25) is 0 Å². The molecular formula is C20H20F2N8O. The van der Waals surface area contributed by atoms with Crippen molar-refractivity contribution in [2.24, 2.45) is 7.05 Å². The van der Waals surface area contributed by atoms with Gasteiger partial charge in [0.2, 0.25) is 0 Å². The van der Waals surface area contributed by atoms with E-state index < -0.39 is 18.5 Å². The van der Waals surface area contributed by atoms with E-state index in [2.05, 4.69) is 29.9 Å². The standard InChI is InChI=1S/C20H20F2N8O/c1-27-18-15(9-26-27)19(24-11-23-18)29-6-4-28(5-7-29)13-2-3-14-16(8-13)25-12-30(20(14)31)10-17(21)22/h2-3,8-9,11-12,17H,4-7,10H2,1H3. The second-order valence-corrected chi connectivity index (χ2v) is 7.47. The molecule has 1 aliphatic rings. The molecular weight excluding hydrogens is 406 g/mol. The number of aryl methyl sites for hydroxylation is 1. The predicted molar refractivity (Wildman–Crippen MR) is 113 cm³/mol. The third-order valence-corrected chi connectivity index (χ3v) is 5.60. The van der Waals surface area contributed by atoms with Gasteiger partial charge >= 0.3 is 0 Å². The predicted octanol–water partition coefficient (Wildman–Crippen LogP) is 1.66. The van der Waals surface area contributed by atoms with Crippen molar-refractivity contribution in [1.29, 1.82) is 0 Å². The lowest BCUT2D eigenvalue weighted by Crippen LogP contribution is -2.47. The Labute approximate surface area is 175 Å². The Morgan fingerprint density at radius 1 is 1.03 bits per heavy atom. The Morgan fingerprint density at radius 3 is 2.58 bits per heavy atom. The average molecular weight is 426 g/mol. The fourth-order valence-corrected chi connectivity index (χ4v) is 4.00. The Morgan fingerprint density at radius 2 is 1.81 bits per heavy atom. The first-order valence-electron chi connectivity index (χ1n) is 9.91. The van der Waals surface area contributed by atoms with Crippen molar-refractivity contribution in [1.82, 2.24) is 29.3 Å². The molecule has 0 saturated carbocycles. The number of halogens is 2. The van der Waals surface area contributed by atoms with E-state index in [1.807, 2.05) is 19.2 Å². The summed E-state index contributed by atoms with van der Waals surface area (Å²) in [6.07, 6.45) is 1.93. The quantitative estimate of drug-likeness (QED) is 0.491. The summed E-state index contributed by atoms with van der Waals surface area (Å²) in [5.74, 6) is 0.873. The lowest BCUT2D eigenvalue weighted by molar-refractivity contribution is 0.125. The van der Waals surface area contributed by atoms with E-state index in [-0.39, 0.29) is 0 Å². The van der Waals surface area contributed by atoms with E-state index in [1.165, 1.54) is 6.33 Å². The highest BCUT2D eigenvalue weighted by Crippen LogP contribution is 2.25. The number of aromatic nitrogens is 6. The van der Waals surface area contributed by atoms with E-state index >= 15 is 0 Å². The summed E-state index contributed by atoms with van der Waals surface area (Å²) < 4.78 is 28.0. The van der Waals surface area contributed by atoms with Gasteiger partial charge in [-0.25, -0.2) is 23.7 Å². The van der Waals surface area contributed by atoms with Crippen molar-refractivity contribution in [2.45, 2.75) is 13.0 Å². The maximum absolute atomic E-state index is 12.6. The molecule has 1 saturated heterocycles. The molecule has 5 rings (SSSR count). The van der Waals surface area contributed by atoms with E-state index in [0.717, 1.165) is 53.3 Å². The van der Waals surface area contributed by atoms with Gasteiger partial charge in [0.25, 0.3) is 12.0 Å². The van der Waals surface area contributed by atoms with Gasteiger partial charge in [-0.2, -0.15) is 5.10 Å². The number of benzene rings is 1. The first-order valence-corrected chi connectivity index (χ1v) is 9.91. The molecule has 0 atom stereocenters. The molecule has 4 heterocycles. The topological polar surface area (TPSA) is 85.0 Å². The summed E-state index contributed by atoms with van der Waals surface area (Å²) in [6.45, 7) is 2.41. The molecule has 160 valence electrons. The fraction of sp³-hybridized carbons (Fsp3) is 0.350. The minimum Gasteiger partial charge on any atom is -0.368 e. The Balaban J connectivity index is 1.36. The summed E-state index contributed by atoms with van der Waals surface area (Å²) >= 11 is 0. The largest absolute Gasteiger partial charge is 0.368 e. The molecule has 9 nitrogen and oxygen atoms in total. The Hall–Kier alpha value is -3.63. The molecule has 0 aliphatic carbocycles. The number of alkyl halides is 2. The summed E-state index contributed by atoms with van der Waals surface area (Å²) in [7, 11) is 1.85. The van der Waals surface area contributed by atoms with Gasteiger partial charge in [0.05, 0.1) is 35.4 Å². The van der Waals surface area contributed by atoms with E-state index in [9.17, 15) is 13.6 Å². The van der Waals surface area contributed by atoms with Crippen molar-refractivity contribution in [3.63, 3.8) is 0 Å². The number of hydrogen-bond donors (Lipinski definition) is 0. The number of rotatable bonds is 4. The highest BCUT2D eigenvalue weighted by atomic mass is 19.3. The van der Waals surface area contributed by atoms with Gasteiger partial charge < -0.3 is 9.80 Å². The molecule has 0 spiro atoms. The minimum atomic E-state index is -2.60. The number of hydrogen-bond acceptors (Lipinski definition) is 7. The van der Waals surface area contributed by atoms with E-state index in [1.54, 1.807) is 23.3 Å². The molecule has 4 aromatic rings. The van der Waals surface area contributed by atoms with Crippen LogP contribution in [-0.4, -0.2) is 61.9 Å². The summed E-state index contributed by atoms with van der Waals surface area (Å²) in [4.78, 5) is 29.8. The van der Waals surface area contributed by atoms with Crippen molar-refractivity contribution in [3.05, 3.63) is 47.4 Å². The molecule has 1 aromatic carbocycles.